The van der Waals surface area contributed by atoms with Crippen LogP contribution in [-0.4, -0.2) is 7.11 Å². The van der Waals surface area contributed by atoms with Gasteiger partial charge in [0, 0.05) is 6.54 Å². The van der Waals surface area contributed by atoms with Gasteiger partial charge in [-0.1, -0.05) is 29.8 Å². The summed E-state index contributed by atoms with van der Waals surface area (Å²) in [6, 6.07) is 14.5. The highest BCUT2D eigenvalue weighted by atomic mass is 16.5. The molecule has 0 aliphatic rings. The zero-order valence-corrected chi connectivity index (χ0v) is 10.2. The molecule has 0 atom stereocenters. The Kier molecular flexibility index (Phi) is 3.45. The van der Waals surface area contributed by atoms with Crippen molar-refractivity contribution in [3.05, 3.63) is 53.6 Å². The zero-order chi connectivity index (χ0) is 12.3. The van der Waals surface area contributed by atoms with E-state index in [1.807, 2.05) is 12.1 Å². The molecule has 0 fully saturated rings. The minimum absolute atomic E-state index is 0.574. The highest BCUT2D eigenvalue weighted by molar-refractivity contribution is 5.65. The van der Waals surface area contributed by atoms with Crippen LogP contribution in [0.3, 0.4) is 0 Å². The molecule has 2 heteroatoms. The number of hydrogen-bond acceptors (Lipinski definition) is 2. The second kappa shape index (κ2) is 5.02. The van der Waals surface area contributed by atoms with Gasteiger partial charge < -0.3 is 10.5 Å². The Labute approximate surface area is 102 Å². The quantitative estimate of drug-likeness (QED) is 0.874. The van der Waals surface area contributed by atoms with Gasteiger partial charge in [0.25, 0.3) is 0 Å². The molecule has 2 aromatic carbocycles. The normalized spacial score (nSPS) is 10.3. The first kappa shape index (κ1) is 11.7. The molecule has 2 nitrogen and oxygen atoms in total. The summed E-state index contributed by atoms with van der Waals surface area (Å²) >= 11 is 0. The summed E-state index contributed by atoms with van der Waals surface area (Å²) in [5.41, 5.74) is 10.5. The van der Waals surface area contributed by atoms with Crippen LogP contribution in [0, 0.1) is 6.92 Å². The van der Waals surface area contributed by atoms with E-state index in [0.717, 1.165) is 11.3 Å². The number of hydrogen-bond donors (Lipinski definition) is 1. The first-order valence-electron chi connectivity index (χ1n) is 5.68. The van der Waals surface area contributed by atoms with Gasteiger partial charge in [0.1, 0.15) is 5.75 Å². The van der Waals surface area contributed by atoms with Gasteiger partial charge >= 0.3 is 0 Å². The lowest BCUT2D eigenvalue weighted by atomic mass is 10.0. The Morgan fingerprint density at radius 2 is 1.71 bits per heavy atom. The molecule has 17 heavy (non-hydrogen) atoms. The van der Waals surface area contributed by atoms with E-state index in [4.69, 9.17) is 10.5 Å². The SMILES string of the molecule is COc1ccc(-c2cc(C)cc(CN)c2)cc1. The van der Waals surface area contributed by atoms with Crippen LogP contribution < -0.4 is 10.5 Å². The number of ether oxygens (including phenoxy) is 1. The van der Waals surface area contributed by atoms with E-state index in [9.17, 15) is 0 Å². The average molecular weight is 227 g/mol. The van der Waals surface area contributed by atoms with Crippen molar-refractivity contribution in [2.45, 2.75) is 13.5 Å². The number of nitrogens with two attached hydrogens (primary N) is 1. The number of benzene rings is 2. The summed E-state index contributed by atoms with van der Waals surface area (Å²) in [4.78, 5) is 0. The topological polar surface area (TPSA) is 35.2 Å². The molecule has 88 valence electrons. The van der Waals surface area contributed by atoms with E-state index in [1.165, 1.54) is 16.7 Å². The fourth-order valence-corrected chi connectivity index (χ4v) is 1.93. The van der Waals surface area contributed by atoms with Gasteiger partial charge in [0.15, 0.2) is 0 Å². The van der Waals surface area contributed by atoms with Crippen LogP contribution in [0.5, 0.6) is 5.75 Å². The molecular formula is C15H17NO. The molecule has 0 heterocycles. The van der Waals surface area contributed by atoms with Gasteiger partial charge in [0.05, 0.1) is 7.11 Å². The monoisotopic (exact) mass is 227 g/mol. The molecule has 0 amide bonds. The van der Waals surface area contributed by atoms with Crippen molar-refractivity contribution < 1.29 is 4.74 Å². The molecule has 0 aliphatic carbocycles. The molecule has 0 saturated carbocycles. The summed E-state index contributed by atoms with van der Waals surface area (Å²) in [5, 5.41) is 0. The van der Waals surface area contributed by atoms with Crippen LogP contribution in [0.15, 0.2) is 42.5 Å². The molecule has 2 N–H and O–H groups in total. The van der Waals surface area contributed by atoms with Crippen LogP contribution in [0.25, 0.3) is 11.1 Å². The van der Waals surface area contributed by atoms with Crippen molar-refractivity contribution in [2.75, 3.05) is 7.11 Å². The summed E-state index contributed by atoms with van der Waals surface area (Å²) in [6.07, 6.45) is 0. The van der Waals surface area contributed by atoms with Crippen molar-refractivity contribution in [3.8, 4) is 16.9 Å². The fourth-order valence-electron chi connectivity index (χ4n) is 1.93. The van der Waals surface area contributed by atoms with Gasteiger partial charge in [-0.15, -0.1) is 0 Å². The van der Waals surface area contributed by atoms with E-state index >= 15 is 0 Å². The minimum Gasteiger partial charge on any atom is -0.497 e. The van der Waals surface area contributed by atoms with Crippen LogP contribution in [0.2, 0.25) is 0 Å². The third-order valence-electron chi connectivity index (χ3n) is 2.80. The Bertz CT molecular complexity index is 503. The molecule has 0 bridgehead atoms. The van der Waals surface area contributed by atoms with E-state index in [1.54, 1.807) is 7.11 Å². The van der Waals surface area contributed by atoms with E-state index in [0.29, 0.717) is 6.54 Å². The second-order valence-corrected chi connectivity index (χ2v) is 4.14. The summed E-state index contributed by atoms with van der Waals surface area (Å²) in [6.45, 7) is 2.66. The Balaban J connectivity index is 2.41. The molecule has 0 aliphatic heterocycles. The lowest BCUT2D eigenvalue weighted by Crippen LogP contribution is -1.97. The first-order valence-corrected chi connectivity index (χ1v) is 5.68. The van der Waals surface area contributed by atoms with E-state index in [2.05, 4.69) is 37.3 Å². The lowest BCUT2D eigenvalue weighted by molar-refractivity contribution is 0.415. The largest absolute Gasteiger partial charge is 0.497 e. The molecule has 2 rings (SSSR count). The standard InChI is InChI=1S/C15H17NO/c1-11-7-12(10-16)9-14(8-11)13-3-5-15(17-2)6-4-13/h3-9H,10,16H2,1-2H3. The maximum absolute atomic E-state index is 5.69. The lowest BCUT2D eigenvalue weighted by Gasteiger charge is -2.07. The Hall–Kier alpha value is -1.80. The highest BCUT2D eigenvalue weighted by Gasteiger charge is 2.01. The van der Waals surface area contributed by atoms with Crippen molar-refractivity contribution in [1.29, 1.82) is 0 Å². The molecule has 2 aromatic rings. The van der Waals surface area contributed by atoms with Crippen molar-refractivity contribution in [2.24, 2.45) is 5.73 Å². The van der Waals surface area contributed by atoms with E-state index < -0.39 is 0 Å². The number of methoxy groups -OCH3 is 1. The zero-order valence-electron chi connectivity index (χ0n) is 10.2. The average Bonchev–Trinajstić information content (AvgIpc) is 2.38. The maximum Gasteiger partial charge on any atom is 0.118 e. The number of rotatable bonds is 3. The molecule has 0 unspecified atom stereocenters. The Morgan fingerprint density at radius 1 is 1.00 bits per heavy atom. The summed E-state index contributed by atoms with van der Waals surface area (Å²) < 4.78 is 5.15. The molecule has 0 radical (unpaired) electrons. The first-order chi connectivity index (χ1) is 8.22. The van der Waals surface area contributed by atoms with Gasteiger partial charge in [-0.05, 0) is 41.8 Å². The third kappa shape index (κ3) is 2.66. The highest BCUT2D eigenvalue weighted by Crippen LogP contribution is 2.24. The maximum atomic E-state index is 5.69. The van der Waals surface area contributed by atoms with Gasteiger partial charge in [-0.2, -0.15) is 0 Å². The third-order valence-corrected chi connectivity index (χ3v) is 2.80. The molecule has 0 spiro atoms. The predicted octanol–water partition coefficient (Wildman–Crippen LogP) is 3.13. The van der Waals surface area contributed by atoms with Gasteiger partial charge in [-0.3, -0.25) is 0 Å². The fraction of sp³-hybridized carbons (Fsp3) is 0.200. The Morgan fingerprint density at radius 3 is 2.29 bits per heavy atom. The molecule has 0 aromatic heterocycles. The molecular weight excluding hydrogens is 210 g/mol. The van der Waals surface area contributed by atoms with Crippen molar-refractivity contribution in [1.82, 2.24) is 0 Å². The smallest absolute Gasteiger partial charge is 0.118 e. The minimum atomic E-state index is 0.574. The van der Waals surface area contributed by atoms with Crippen LogP contribution in [0.4, 0.5) is 0 Å². The van der Waals surface area contributed by atoms with Crippen LogP contribution in [-0.2, 0) is 6.54 Å². The summed E-state index contributed by atoms with van der Waals surface area (Å²) in [7, 11) is 1.67. The predicted molar refractivity (Wildman–Crippen MR) is 71.1 cm³/mol. The molecule has 0 saturated heterocycles. The summed E-state index contributed by atoms with van der Waals surface area (Å²) in [5.74, 6) is 0.875. The van der Waals surface area contributed by atoms with Crippen LogP contribution in [0.1, 0.15) is 11.1 Å². The van der Waals surface area contributed by atoms with Gasteiger partial charge in [0.2, 0.25) is 0 Å². The van der Waals surface area contributed by atoms with E-state index in [-0.39, 0.29) is 0 Å². The number of aryl methyl sites for hydroxylation is 1. The van der Waals surface area contributed by atoms with Crippen molar-refractivity contribution >= 4 is 0 Å². The van der Waals surface area contributed by atoms with Crippen molar-refractivity contribution in [3.63, 3.8) is 0 Å². The second-order valence-electron chi connectivity index (χ2n) is 4.14. The van der Waals surface area contributed by atoms with Crippen LogP contribution >= 0.6 is 0 Å². The van der Waals surface area contributed by atoms with Gasteiger partial charge in [-0.25, -0.2) is 0 Å².